The zero-order chi connectivity index (χ0) is 13.0. The second kappa shape index (κ2) is 6.41. The number of hydrogen-bond donors (Lipinski definition) is 2. The topological polar surface area (TPSA) is 47.3 Å². The van der Waals surface area contributed by atoms with Crippen molar-refractivity contribution < 1.29 is 4.74 Å². The molecule has 2 unspecified atom stereocenters. The second-order valence-corrected chi connectivity index (χ2v) is 5.35. The third-order valence-electron chi connectivity index (χ3n) is 3.59. The minimum Gasteiger partial charge on any atom is -0.497 e. The molecule has 1 aromatic rings. The minimum absolute atomic E-state index is 0.00769. The van der Waals surface area contributed by atoms with Crippen LogP contribution in [0.3, 0.4) is 0 Å². The molecule has 18 heavy (non-hydrogen) atoms. The van der Waals surface area contributed by atoms with Crippen molar-refractivity contribution in [2.75, 3.05) is 20.2 Å². The van der Waals surface area contributed by atoms with E-state index in [4.69, 9.17) is 22.1 Å². The van der Waals surface area contributed by atoms with Crippen LogP contribution < -0.4 is 15.8 Å². The van der Waals surface area contributed by atoms with Crippen LogP contribution in [-0.4, -0.2) is 20.2 Å². The molecule has 0 bridgehead atoms. The Morgan fingerprint density at radius 3 is 3.00 bits per heavy atom. The fraction of sp³-hybridized carbons (Fsp3) is 0.571. The van der Waals surface area contributed by atoms with Crippen LogP contribution in [0, 0.1) is 5.92 Å². The van der Waals surface area contributed by atoms with Gasteiger partial charge in [0.2, 0.25) is 0 Å². The van der Waals surface area contributed by atoms with Gasteiger partial charge in [-0.25, -0.2) is 0 Å². The number of hydrogen-bond acceptors (Lipinski definition) is 3. The van der Waals surface area contributed by atoms with Crippen LogP contribution in [0.1, 0.15) is 30.9 Å². The quantitative estimate of drug-likeness (QED) is 0.883. The van der Waals surface area contributed by atoms with Gasteiger partial charge in [0.15, 0.2) is 0 Å². The Bertz CT molecular complexity index is 391. The lowest BCUT2D eigenvalue weighted by Crippen LogP contribution is -2.31. The maximum absolute atomic E-state index is 6.27. The molecule has 4 heteroatoms. The SMILES string of the molecule is COc1ccc(C(N)CC2CCCNC2)c(Cl)c1. The highest BCUT2D eigenvalue weighted by atomic mass is 35.5. The Labute approximate surface area is 114 Å². The maximum Gasteiger partial charge on any atom is 0.120 e. The van der Waals surface area contributed by atoms with Gasteiger partial charge in [0.05, 0.1) is 7.11 Å². The molecule has 1 aliphatic heterocycles. The molecular weight excluding hydrogens is 248 g/mol. The Hall–Kier alpha value is -0.770. The summed E-state index contributed by atoms with van der Waals surface area (Å²) in [6.45, 7) is 2.20. The number of halogens is 1. The van der Waals surface area contributed by atoms with Crippen molar-refractivity contribution in [1.82, 2.24) is 5.32 Å². The molecule has 0 amide bonds. The van der Waals surface area contributed by atoms with Crippen molar-refractivity contribution >= 4 is 11.6 Å². The number of benzene rings is 1. The van der Waals surface area contributed by atoms with Crippen molar-refractivity contribution in [3.8, 4) is 5.75 Å². The predicted octanol–water partition coefficient (Wildman–Crippen LogP) is 2.74. The van der Waals surface area contributed by atoms with Gasteiger partial charge in [-0.1, -0.05) is 17.7 Å². The Kier molecular flexibility index (Phi) is 4.87. The predicted molar refractivity (Wildman–Crippen MR) is 75.1 cm³/mol. The van der Waals surface area contributed by atoms with Crippen LogP contribution in [0.4, 0.5) is 0 Å². The van der Waals surface area contributed by atoms with Crippen molar-refractivity contribution in [3.63, 3.8) is 0 Å². The second-order valence-electron chi connectivity index (χ2n) is 4.94. The van der Waals surface area contributed by atoms with Gasteiger partial charge in [-0.05, 0) is 56.0 Å². The summed E-state index contributed by atoms with van der Waals surface area (Å²) in [6, 6.07) is 5.73. The first-order valence-corrected chi connectivity index (χ1v) is 6.88. The van der Waals surface area contributed by atoms with Crippen molar-refractivity contribution in [2.45, 2.75) is 25.3 Å². The van der Waals surface area contributed by atoms with Crippen LogP contribution in [0.5, 0.6) is 5.75 Å². The Balaban J connectivity index is 2.01. The molecule has 0 aromatic heterocycles. The number of methoxy groups -OCH3 is 1. The molecule has 0 radical (unpaired) electrons. The monoisotopic (exact) mass is 268 g/mol. The normalized spacial score (nSPS) is 21.6. The maximum atomic E-state index is 6.27. The van der Waals surface area contributed by atoms with Gasteiger partial charge in [-0.3, -0.25) is 0 Å². The summed E-state index contributed by atoms with van der Waals surface area (Å²) in [5.41, 5.74) is 7.28. The molecule has 3 N–H and O–H groups in total. The van der Waals surface area contributed by atoms with E-state index in [0.29, 0.717) is 10.9 Å². The first-order valence-electron chi connectivity index (χ1n) is 6.50. The lowest BCUT2D eigenvalue weighted by Gasteiger charge is -2.26. The third-order valence-corrected chi connectivity index (χ3v) is 3.92. The first kappa shape index (κ1) is 13.7. The number of rotatable bonds is 4. The van der Waals surface area contributed by atoms with Gasteiger partial charge >= 0.3 is 0 Å². The number of ether oxygens (including phenoxy) is 1. The van der Waals surface area contributed by atoms with E-state index in [9.17, 15) is 0 Å². The van der Waals surface area contributed by atoms with Crippen LogP contribution in [0.15, 0.2) is 18.2 Å². The average Bonchev–Trinajstić information content (AvgIpc) is 2.39. The lowest BCUT2D eigenvalue weighted by atomic mass is 9.90. The van der Waals surface area contributed by atoms with Crippen molar-refractivity contribution in [3.05, 3.63) is 28.8 Å². The molecule has 1 aliphatic rings. The number of nitrogens with one attached hydrogen (secondary N) is 1. The molecule has 2 atom stereocenters. The van der Waals surface area contributed by atoms with E-state index in [0.717, 1.165) is 30.8 Å². The molecular formula is C14H21ClN2O. The zero-order valence-electron chi connectivity index (χ0n) is 10.8. The van der Waals surface area contributed by atoms with E-state index in [-0.39, 0.29) is 6.04 Å². The van der Waals surface area contributed by atoms with E-state index in [1.807, 2.05) is 18.2 Å². The molecule has 3 nitrogen and oxygen atoms in total. The summed E-state index contributed by atoms with van der Waals surface area (Å²) in [5, 5.41) is 4.12. The molecule has 1 aromatic carbocycles. The zero-order valence-corrected chi connectivity index (χ0v) is 11.5. The van der Waals surface area contributed by atoms with E-state index in [1.165, 1.54) is 12.8 Å². The molecule has 0 aliphatic carbocycles. The standard InChI is InChI=1S/C14H21ClN2O/c1-18-11-4-5-12(13(15)8-11)14(16)7-10-3-2-6-17-9-10/h4-5,8,10,14,17H,2-3,6-7,9,16H2,1H3. The van der Waals surface area contributed by atoms with E-state index < -0.39 is 0 Å². The lowest BCUT2D eigenvalue weighted by molar-refractivity contribution is 0.336. The summed E-state index contributed by atoms with van der Waals surface area (Å²) < 4.78 is 5.14. The van der Waals surface area contributed by atoms with Gasteiger partial charge in [0.1, 0.15) is 5.75 Å². The molecule has 0 saturated carbocycles. The highest BCUT2D eigenvalue weighted by molar-refractivity contribution is 6.31. The van der Waals surface area contributed by atoms with Gasteiger partial charge in [0.25, 0.3) is 0 Å². The fourth-order valence-electron chi connectivity index (χ4n) is 2.55. The van der Waals surface area contributed by atoms with Crippen LogP contribution >= 0.6 is 11.6 Å². The Morgan fingerprint density at radius 1 is 1.56 bits per heavy atom. The van der Waals surface area contributed by atoms with Gasteiger partial charge in [-0.15, -0.1) is 0 Å². The Morgan fingerprint density at radius 2 is 2.39 bits per heavy atom. The fourth-order valence-corrected chi connectivity index (χ4v) is 2.86. The largest absolute Gasteiger partial charge is 0.497 e. The minimum atomic E-state index is 0.00769. The van der Waals surface area contributed by atoms with Crippen molar-refractivity contribution in [2.24, 2.45) is 11.7 Å². The smallest absolute Gasteiger partial charge is 0.120 e. The highest BCUT2D eigenvalue weighted by Gasteiger charge is 2.19. The molecule has 1 fully saturated rings. The average molecular weight is 269 g/mol. The molecule has 2 rings (SSSR count). The molecule has 1 saturated heterocycles. The summed E-state index contributed by atoms with van der Waals surface area (Å²) in [4.78, 5) is 0. The molecule has 1 heterocycles. The van der Waals surface area contributed by atoms with Gasteiger partial charge in [-0.2, -0.15) is 0 Å². The summed E-state index contributed by atoms with van der Waals surface area (Å²) in [6.07, 6.45) is 3.49. The van der Waals surface area contributed by atoms with Crippen LogP contribution in [0.25, 0.3) is 0 Å². The van der Waals surface area contributed by atoms with Crippen LogP contribution in [0.2, 0.25) is 5.02 Å². The van der Waals surface area contributed by atoms with E-state index >= 15 is 0 Å². The third kappa shape index (κ3) is 3.37. The van der Waals surface area contributed by atoms with E-state index in [2.05, 4.69) is 5.32 Å². The number of piperidine rings is 1. The number of nitrogens with two attached hydrogens (primary N) is 1. The molecule has 100 valence electrons. The highest BCUT2D eigenvalue weighted by Crippen LogP contribution is 2.30. The molecule has 0 spiro atoms. The van der Waals surface area contributed by atoms with Crippen LogP contribution in [-0.2, 0) is 0 Å². The van der Waals surface area contributed by atoms with E-state index in [1.54, 1.807) is 7.11 Å². The van der Waals surface area contributed by atoms with Gasteiger partial charge in [0, 0.05) is 11.1 Å². The summed E-state index contributed by atoms with van der Waals surface area (Å²) >= 11 is 6.25. The first-order chi connectivity index (χ1) is 8.70. The van der Waals surface area contributed by atoms with Crippen molar-refractivity contribution in [1.29, 1.82) is 0 Å². The summed E-state index contributed by atoms with van der Waals surface area (Å²) in [5.74, 6) is 1.43. The summed E-state index contributed by atoms with van der Waals surface area (Å²) in [7, 11) is 1.64. The van der Waals surface area contributed by atoms with Gasteiger partial charge < -0.3 is 15.8 Å².